The Morgan fingerprint density at radius 1 is 1.07 bits per heavy atom. The largest absolute Gasteiger partial charge is 0.459 e. The number of nitrogens with one attached hydrogen (secondary N) is 2. The fraction of sp³-hybridized carbons (Fsp3) is 0.375. The van der Waals surface area contributed by atoms with Gasteiger partial charge in [0.1, 0.15) is 11.3 Å². The van der Waals surface area contributed by atoms with Crippen LogP contribution in [0.25, 0.3) is 11.0 Å². The van der Waals surface area contributed by atoms with Crippen molar-refractivity contribution in [2.75, 3.05) is 20.1 Å². The van der Waals surface area contributed by atoms with E-state index in [0.717, 1.165) is 49.8 Å². The Morgan fingerprint density at radius 2 is 1.77 bits per heavy atom. The van der Waals surface area contributed by atoms with Gasteiger partial charge in [0.05, 0.1) is 6.54 Å². The molecule has 0 saturated carbocycles. The van der Waals surface area contributed by atoms with Crippen LogP contribution in [0.15, 0.2) is 64.0 Å². The number of hydrogen-bond acceptors (Lipinski definition) is 3. The van der Waals surface area contributed by atoms with E-state index in [9.17, 15) is 0 Å². The molecule has 5 nitrogen and oxygen atoms in total. The SMILES string of the molecule is CN=C(NCc1oc2ccccc2c1C)NC1CCN(Cc2ccccc2)CC1.I. The first-order valence-corrected chi connectivity index (χ1v) is 10.4. The monoisotopic (exact) mass is 518 g/mol. The molecule has 6 heteroatoms. The number of nitrogens with zero attached hydrogens (tertiary/aromatic N) is 2. The van der Waals surface area contributed by atoms with E-state index < -0.39 is 0 Å². The standard InChI is InChI=1S/C24H30N4O.HI/c1-18-21-10-6-7-11-22(21)29-23(18)16-26-24(25-2)27-20-12-14-28(15-13-20)17-19-8-4-3-5-9-19;/h3-11,20H,12-17H2,1-2H3,(H2,25,26,27);1H. The molecule has 3 aromatic rings. The smallest absolute Gasteiger partial charge is 0.191 e. The molecule has 0 spiro atoms. The maximum atomic E-state index is 6.00. The van der Waals surface area contributed by atoms with Gasteiger partial charge in [-0.15, -0.1) is 24.0 Å². The third-order valence-electron chi connectivity index (χ3n) is 5.76. The molecule has 160 valence electrons. The van der Waals surface area contributed by atoms with Crippen molar-refractivity contribution in [2.45, 2.75) is 38.9 Å². The van der Waals surface area contributed by atoms with Gasteiger partial charge in [0.15, 0.2) is 5.96 Å². The Bertz CT molecular complexity index is 962. The first kappa shape index (κ1) is 22.6. The predicted octanol–water partition coefficient (Wildman–Crippen LogP) is 4.69. The van der Waals surface area contributed by atoms with E-state index in [1.165, 1.54) is 16.5 Å². The highest BCUT2D eigenvalue weighted by molar-refractivity contribution is 14.0. The summed E-state index contributed by atoms with van der Waals surface area (Å²) < 4.78 is 6.00. The molecule has 0 bridgehead atoms. The van der Waals surface area contributed by atoms with Crippen molar-refractivity contribution < 1.29 is 4.42 Å². The molecule has 1 saturated heterocycles. The zero-order valence-corrected chi connectivity index (χ0v) is 20.1. The first-order valence-electron chi connectivity index (χ1n) is 10.4. The van der Waals surface area contributed by atoms with Crippen molar-refractivity contribution >= 4 is 40.9 Å². The predicted molar refractivity (Wildman–Crippen MR) is 134 cm³/mol. The third kappa shape index (κ3) is 5.55. The van der Waals surface area contributed by atoms with Gasteiger partial charge in [-0.25, -0.2) is 0 Å². The molecule has 30 heavy (non-hydrogen) atoms. The number of benzene rings is 2. The van der Waals surface area contributed by atoms with Gasteiger partial charge < -0.3 is 15.1 Å². The molecule has 2 aromatic carbocycles. The normalized spacial score (nSPS) is 15.7. The van der Waals surface area contributed by atoms with Crippen LogP contribution in [0.5, 0.6) is 0 Å². The van der Waals surface area contributed by atoms with E-state index in [-0.39, 0.29) is 24.0 Å². The lowest BCUT2D eigenvalue weighted by Gasteiger charge is -2.33. The first-order chi connectivity index (χ1) is 14.2. The van der Waals surface area contributed by atoms with Crippen molar-refractivity contribution in [3.05, 3.63) is 71.5 Å². The number of para-hydroxylation sites is 1. The van der Waals surface area contributed by atoms with Crippen LogP contribution in [0.2, 0.25) is 0 Å². The van der Waals surface area contributed by atoms with Crippen molar-refractivity contribution in [2.24, 2.45) is 4.99 Å². The van der Waals surface area contributed by atoms with Gasteiger partial charge in [-0.2, -0.15) is 0 Å². The Balaban J connectivity index is 0.00000256. The molecule has 4 rings (SSSR count). The number of halogens is 1. The minimum Gasteiger partial charge on any atom is -0.459 e. The number of aliphatic imine (C=N–C) groups is 1. The van der Waals surface area contributed by atoms with Crippen LogP contribution < -0.4 is 10.6 Å². The summed E-state index contributed by atoms with van der Waals surface area (Å²) >= 11 is 0. The average molecular weight is 518 g/mol. The summed E-state index contributed by atoms with van der Waals surface area (Å²) in [5, 5.41) is 8.18. The fourth-order valence-corrected chi connectivity index (χ4v) is 4.02. The van der Waals surface area contributed by atoms with E-state index in [1.807, 2.05) is 25.2 Å². The van der Waals surface area contributed by atoms with E-state index >= 15 is 0 Å². The van der Waals surface area contributed by atoms with Crippen molar-refractivity contribution in [1.29, 1.82) is 0 Å². The second-order valence-electron chi connectivity index (χ2n) is 7.75. The van der Waals surface area contributed by atoms with E-state index in [0.29, 0.717) is 12.6 Å². The second kappa shape index (κ2) is 10.8. The Labute approximate surface area is 196 Å². The number of rotatable bonds is 5. The number of hydrogen-bond donors (Lipinski definition) is 2. The number of fused-ring (bicyclic) bond motifs is 1. The summed E-state index contributed by atoms with van der Waals surface area (Å²) in [7, 11) is 1.82. The molecule has 1 aliphatic heterocycles. The highest BCUT2D eigenvalue weighted by Gasteiger charge is 2.20. The van der Waals surface area contributed by atoms with E-state index in [1.54, 1.807) is 0 Å². The lowest BCUT2D eigenvalue weighted by molar-refractivity contribution is 0.198. The summed E-state index contributed by atoms with van der Waals surface area (Å²) in [4.78, 5) is 6.94. The molecule has 1 aromatic heterocycles. The van der Waals surface area contributed by atoms with Gasteiger partial charge in [-0.05, 0) is 31.4 Å². The Kier molecular flexibility index (Phi) is 8.16. The topological polar surface area (TPSA) is 52.8 Å². The van der Waals surface area contributed by atoms with Crippen LogP contribution in [0.1, 0.15) is 29.7 Å². The maximum Gasteiger partial charge on any atom is 0.191 e. The zero-order valence-electron chi connectivity index (χ0n) is 17.7. The minimum atomic E-state index is 0. The minimum absolute atomic E-state index is 0. The van der Waals surface area contributed by atoms with Crippen LogP contribution >= 0.6 is 24.0 Å². The quantitative estimate of drug-likeness (QED) is 0.293. The number of guanidine groups is 1. The summed E-state index contributed by atoms with van der Waals surface area (Å²) in [5.41, 5.74) is 3.52. The number of furan rings is 1. The molecule has 0 aliphatic carbocycles. The van der Waals surface area contributed by atoms with Crippen LogP contribution in [0, 0.1) is 6.92 Å². The molecule has 0 radical (unpaired) electrons. The van der Waals surface area contributed by atoms with Crippen molar-refractivity contribution in [3.8, 4) is 0 Å². The van der Waals surface area contributed by atoms with Gasteiger partial charge in [0.2, 0.25) is 0 Å². The molecule has 1 fully saturated rings. The highest BCUT2D eigenvalue weighted by Crippen LogP contribution is 2.24. The lowest BCUT2D eigenvalue weighted by atomic mass is 10.0. The molecule has 1 aliphatic rings. The average Bonchev–Trinajstić information content (AvgIpc) is 3.09. The molecular formula is C24H31IN4O. The van der Waals surface area contributed by atoms with Crippen LogP contribution in [-0.4, -0.2) is 37.0 Å². The molecule has 0 amide bonds. The molecule has 2 N–H and O–H groups in total. The second-order valence-corrected chi connectivity index (χ2v) is 7.75. The zero-order chi connectivity index (χ0) is 20.1. The summed E-state index contributed by atoms with van der Waals surface area (Å²) in [6, 6.07) is 19.3. The molecule has 0 unspecified atom stereocenters. The highest BCUT2D eigenvalue weighted by atomic mass is 127. The van der Waals surface area contributed by atoms with Gasteiger partial charge in [0, 0.05) is 43.7 Å². The third-order valence-corrected chi connectivity index (χ3v) is 5.76. The summed E-state index contributed by atoms with van der Waals surface area (Å²) in [5.74, 6) is 1.80. The molecule has 2 heterocycles. The van der Waals surface area contributed by atoms with Crippen molar-refractivity contribution in [3.63, 3.8) is 0 Å². The Morgan fingerprint density at radius 3 is 2.47 bits per heavy atom. The fourth-order valence-electron chi connectivity index (χ4n) is 4.02. The molecule has 0 atom stereocenters. The summed E-state index contributed by atoms with van der Waals surface area (Å²) in [6.07, 6.45) is 2.24. The van der Waals surface area contributed by atoms with E-state index in [2.05, 4.69) is 63.8 Å². The van der Waals surface area contributed by atoms with E-state index in [4.69, 9.17) is 4.42 Å². The van der Waals surface area contributed by atoms with Gasteiger partial charge in [0.25, 0.3) is 0 Å². The molecular weight excluding hydrogens is 487 g/mol. The van der Waals surface area contributed by atoms with Crippen molar-refractivity contribution in [1.82, 2.24) is 15.5 Å². The maximum absolute atomic E-state index is 6.00. The Hall–Kier alpha value is -2.06. The van der Waals surface area contributed by atoms with Crippen LogP contribution in [-0.2, 0) is 13.1 Å². The van der Waals surface area contributed by atoms with Crippen LogP contribution in [0.4, 0.5) is 0 Å². The summed E-state index contributed by atoms with van der Waals surface area (Å²) in [6.45, 7) is 5.98. The van der Waals surface area contributed by atoms with Gasteiger partial charge in [-0.1, -0.05) is 48.5 Å². The van der Waals surface area contributed by atoms with Gasteiger partial charge in [-0.3, -0.25) is 9.89 Å². The lowest BCUT2D eigenvalue weighted by Crippen LogP contribution is -2.48. The van der Waals surface area contributed by atoms with Gasteiger partial charge >= 0.3 is 0 Å². The van der Waals surface area contributed by atoms with Crippen LogP contribution in [0.3, 0.4) is 0 Å². The number of piperidine rings is 1. The number of likely N-dealkylation sites (tertiary alicyclic amines) is 1. The number of aryl methyl sites for hydroxylation is 1.